The number of allylic oxidation sites excluding steroid dienone is 2. The van der Waals surface area contributed by atoms with Crippen molar-refractivity contribution < 1.29 is 30.0 Å². The number of pyridine rings is 2. The van der Waals surface area contributed by atoms with Crippen molar-refractivity contribution in [1.29, 1.82) is 0 Å². The van der Waals surface area contributed by atoms with Crippen molar-refractivity contribution in [1.82, 2.24) is 14.4 Å². The van der Waals surface area contributed by atoms with E-state index < -0.39 is 0 Å². The third-order valence-corrected chi connectivity index (χ3v) is 9.11. The number of aliphatic hydroxyl groups excluding tert-OH is 1. The predicted molar refractivity (Wildman–Crippen MR) is 180 cm³/mol. The number of aromatic nitrogens is 3. The molecule has 8 rings (SSSR count). The van der Waals surface area contributed by atoms with Crippen LogP contribution >= 0.6 is 11.3 Å². The van der Waals surface area contributed by atoms with E-state index in [0.29, 0.717) is 0 Å². The second-order valence-electron chi connectivity index (χ2n) is 12.1. The van der Waals surface area contributed by atoms with E-state index in [-0.39, 0.29) is 37.1 Å². The smallest absolute Gasteiger partial charge is 0.155 e. The molecule has 3 aromatic carbocycles. The van der Waals surface area contributed by atoms with Gasteiger partial charge in [0.2, 0.25) is 0 Å². The van der Waals surface area contributed by atoms with Gasteiger partial charge in [-0.1, -0.05) is 62.6 Å². The number of hydrogen-bond donors (Lipinski definition) is 1. The molecule has 0 unspecified atom stereocenters. The third-order valence-electron chi connectivity index (χ3n) is 7.90. The van der Waals surface area contributed by atoms with Gasteiger partial charge in [-0.2, -0.15) is 0 Å². The molecule has 8 aromatic rings. The molecule has 0 atom stereocenters. The molecule has 0 spiro atoms. The largest absolute Gasteiger partial charge is 0.512 e. The molecule has 0 saturated carbocycles. The Morgan fingerprint density at radius 2 is 1.66 bits per heavy atom. The van der Waals surface area contributed by atoms with E-state index in [1.54, 1.807) is 0 Å². The molecule has 44 heavy (non-hydrogen) atoms. The van der Waals surface area contributed by atoms with Gasteiger partial charge in [-0.15, -0.1) is 23.0 Å². The van der Waals surface area contributed by atoms with E-state index in [9.17, 15) is 4.79 Å². The SMILES string of the molecule is CC(=O)/C=C(/C)O.CC(C)(C)c1cc2c3cc(-c4ccccn4)[c-]nc3n3c4ccc5c6ccccc6sc5c4c(c1)c23.[Ir]. The maximum Gasteiger partial charge on any atom is 0.155 e. The van der Waals surface area contributed by atoms with Crippen molar-refractivity contribution in [2.75, 3.05) is 0 Å². The number of benzene rings is 3. The second kappa shape index (κ2) is 11.1. The van der Waals surface area contributed by atoms with Gasteiger partial charge in [-0.3, -0.25) is 4.79 Å². The van der Waals surface area contributed by atoms with Crippen LogP contribution in [0.25, 0.3) is 69.7 Å². The number of carbonyl (C=O) groups excluding carboxylic acids is 1. The average molecular weight is 773 g/mol. The van der Waals surface area contributed by atoms with E-state index in [1.165, 1.54) is 72.9 Å². The Morgan fingerprint density at radius 1 is 0.909 bits per heavy atom. The zero-order chi connectivity index (χ0) is 30.0. The molecule has 0 saturated heterocycles. The summed E-state index contributed by atoms with van der Waals surface area (Å²) in [5, 5.41) is 16.1. The van der Waals surface area contributed by atoms with Crippen LogP contribution in [0.5, 0.6) is 0 Å². The first-order valence-electron chi connectivity index (χ1n) is 14.3. The van der Waals surface area contributed by atoms with Crippen LogP contribution in [0.1, 0.15) is 40.2 Å². The summed E-state index contributed by atoms with van der Waals surface area (Å²) in [6, 6.07) is 26.3. The number of rotatable bonds is 2. The zero-order valence-corrected chi connectivity index (χ0v) is 28.2. The van der Waals surface area contributed by atoms with Crippen molar-refractivity contribution >= 4 is 75.5 Å². The summed E-state index contributed by atoms with van der Waals surface area (Å²) < 4.78 is 5.04. The molecule has 0 aliphatic heterocycles. The standard InChI is InChI=1S/C32H22N3S.C5H8O2.Ir/c1-32(2,3)19-15-22-23-14-18(25-9-6-7-13-33-25)17-34-31(23)35-26-12-11-21-20-8-4-5-10-27(20)36-30(21)28(26)24(16-19)29(22)35;1-4(6)3-5(2)7;/h4-16H,1-3H3;3,6H,1-2H3;/q-1;;/b;4-3-;. The molecule has 221 valence electrons. The summed E-state index contributed by atoms with van der Waals surface area (Å²) in [5.74, 6) is -0.0625. The third kappa shape index (κ3) is 4.86. The van der Waals surface area contributed by atoms with Gasteiger partial charge >= 0.3 is 0 Å². The number of hydrogen-bond acceptors (Lipinski definition) is 5. The molecule has 0 fully saturated rings. The van der Waals surface area contributed by atoms with Crippen LogP contribution in [0.3, 0.4) is 0 Å². The number of ketones is 1. The fourth-order valence-electron chi connectivity index (χ4n) is 6.00. The molecule has 5 aromatic heterocycles. The summed E-state index contributed by atoms with van der Waals surface area (Å²) in [6.45, 7) is 9.73. The molecule has 0 aliphatic carbocycles. The Kier molecular flexibility index (Phi) is 7.53. The molecule has 7 heteroatoms. The Labute approximate surface area is 272 Å². The quantitative estimate of drug-likeness (QED) is 0.108. The minimum absolute atomic E-state index is 0. The fourth-order valence-corrected chi connectivity index (χ4v) is 7.26. The van der Waals surface area contributed by atoms with Crippen LogP contribution < -0.4 is 0 Å². The van der Waals surface area contributed by atoms with Crippen molar-refractivity contribution in [3.8, 4) is 11.3 Å². The van der Waals surface area contributed by atoms with E-state index in [0.717, 1.165) is 22.3 Å². The van der Waals surface area contributed by atoms with E-state index in [1.807, 2.05) is 35.7 Å². The van der Waals surface area contributed by atoms with Crippen LogP contribution in [-0.4, -0.2) is 25.3 Å². The molecular formula is C37H30IrN3O2S-. The number of aliphatic hydroxyl groups is 1. The summed E-state index contributed by atoms with van der Waals surface area (Å²) in [6.07, 6.45) is 6.28. The van der Waals surface area contributed by atoms with Gasteiger partial charge in [0.15, 0.2) is 5.78 Å². The Hall–Kier alpha value is -4.16. The van der Waals surface area contributed by atoms with Gasteiger partial charge < -0.3 is 19.5 Å². The molecule has 0 amide bonds. The van der Waals surface area contributed by atoms with Crippen LogP contribution in [0.4, 0.5) is 0 Å². The summed E-state index contributed by atoms with van der Waals surface area (Å²) in [7, 11) is 0. The normalized spacial score (nSPS) is 12.3. The minimum Gasteiger partial charge on any atom is -0.512 e. The second-order valence-corrected chi connectivity index (χ2v) is 13.1. The van der Waals surface area contributed by atoms with Crippen LogP contribution in [0, 0.1) is 6.20 Å². The molecule has 0 bridgehead atoms. The summed E-state index contributed by atoms with van der Waals surface area (Å²) in [4.78, 5) is 19.5. The van der Waals surface area contributed by atoms with Crippen molar-refractivity contribution in [3.05, 3.63) is 103 Å². The minimum atomic E-state index is -0.125. The van der Waals surface area contributed by atoms with Gasteiger partial charge in [0, 0.05) is 68.8 Å². The first-order chi connectivity index (χ1) is 20.6. The van der Waals surface area contributed by atoms with Crippen LogP contribution in [-0.2, 0) is 30.3 Å². The first kappa shape index (κ1) is 29.9. The molecular weight excluding hydrogens is 743 g/mol. The molecule has 1 radical (unpaired) electrons. The fraction of sp³-hybridized carbons (Fsp3) is 0.162. The van der Waals surface area contributed by atoms with Gasteiger partial charge in [0.1, 0.15) is 0 Å². The van der Waals surface area contributed by atoms with E-state index >= 15 is 0 Å². The van der Waals surface area contributed by atoms with Gasteiger partial charge in [-0.05, 0) is 72.4 Å². The Balaban J connectivity index is 0.000000388. The van der Waals surface area contributed by atoms with Crippen LogP contribution in [0.15, 0.2) is 90.8 Å². The Morgan fingerprint density at radius 3 is 2.34 bits per heavy atom. The molecule has 0 aliphatic rings. The first-order valence-corrected chi connectivity index (χ1v) is 15.1. The Bertz CT molecular complexity index is 2380. The average Bonchev–Trinajstić information content (AvgIpc) is 3.62. The van der Waals surface area contributed by atoms with Gasteiger partial charge in [0.05, 0.1) is 16.9 Å². The van der Waals surface area contributed by atoms with Crippen molar-refractivity contribution in [3.63, 3.8) is 0 Å². The number of thiophene rings is 1. The maximum atomic E-state index is 10.0. The van der Waals surface area contributed by atoms with Crippen LogP contribution in [0.2, 0.25) is 0 Å². The number of carbonyl (C=O) groups is 1. The summed E-state index contributed by atoms with van der Waals surface area (Å²) >= 11 is 1.89. The van der Waals surface area contributed by atoms with Gasteiger partial charge in [0.25, 0.3) is 0 Å². The zero-order valence-electron chi connectivity index (χ0n) is 25.0. The molecule has 5 nitrogen and oxygen atoms in total. The topological polar surface area (TPSA) is 67.5 Å². The molecule has 5 heterocycles. The monoisotopic (exact) mass is 773 g/mol. The maximum absolute atomic E-state index is 10.0. The predicted octanol–water partition coefficient (Wildman–Crippen LogP) is 9.79. The van der Waals surface area contributed by atoms with Crippen molar-refractivity contribution in [2.24, 2.45) is 0 Å². The number of fused-ring (bicyclic) bond motifs is 10. The van der Waals surface area contributed by atoms with E-state index in [2.05, 4.69) is 91.0 Å². The summed E-state index contributed by atoms with van der Waals surface area (Å²) in [5.41, 5.74) is 6.58. The van der Waals surface area contributed by atoms with E-state index in [4.69, 9.17) is 10.1 Å². The number of nitrogens with zero attached hydrogens (tertiary/aromatic N) is 3. The molecule has 1 N–H and O–H groups in total. The van der Waals surface area contributed by atoms with Gasteiger partial charge in [-0.25, -0.2) is 0 Å². The van der Waals surface area contributed by atoms with Crippen molar-refractivity contribution in [2.45, 2.75) is 40.0 Å².